The van der Waals surface area contributed by atoms with Crippen LogP contribution in [0.1, 0.15) is 18.4 Å². The second-order valence-electron chi connectivity index (χ2n) is 4.49. The van der Waals surface area contributed by atoms with Crippen molar-refractivity contribution in [1.82, 2.24) is 4.90 Å². The minimum Gasteiger partial charge on any atom is -0.496 e. The first-order chi connectivity index (χ1) is 8.61. The standard InChI is InChI=1S/C13H17BrN2OS/c1-17-12-5-4-10(14)7-9(12)8-16-6-2-3-11(16)13(15)18/h4-5,7,11H,2-3,6,8H2,1H3,(H2,15,18). The smallest absolute Gasteiger partial charge is 0.123 e. The van der Waals surface area contributed by atoms with E-state index in [2.05, 4.69) is 26.9 Å². The number of nitrogens with zero attached hydrogens (tertiary/aromatic N) is 1. The highest BCUT2D eigenvalue weighted by molar-refractivity contribution is 9.10. The predicted molar refractivity (Wildman–Crippen MR) is 80.9 cm³/mol. The summed E-state index contributed by atoms with van der Waals surface area (Å²) < 4.78 is 6.45. The zero-order chi connectivity index (χ0) is 13.1. The molecular weight excluding hydrogens is 312 g/mol. The van der Waals surface area contributed by atoms with Crippen molar-refractivity contribution in [1.29, 1.82) is 0 Å². The Kier molecular flexibility index (Phi) is 4.59. The van der Waals surface area contributed by atoms with Crippen LogP contribution in [0.5, 0.6) is 5.75 Å². The van der Waals surface area contributed by atoms with E-state index < -0.39 is 0 Å². The van der Waals surface area contributed by atoms with Crippen molar-refractivity contribution in [3.8, 4) is 5.75 Å². The number of likely N-dealkylation sites (tertiary alicyclic amines) is 1. The molecule has 0 radical (unpaired) electrons. The van der Waals surface area contributed by atoms with E-state index in [1.165, 1.54) is 0 Å². The van der Waals surface area contributed by atoms with Gasteiger partial charge in [-0.3, -0.25) is 4.90 Å². The molecule has 0 amide bonds. The maximum atomic E-state index is 5.79. The van der Waals surface area contributed by atoms with Gasteiger partial charge < -0.3 is 10.5 Å². The predicted octanol–water partition coefficient (Wildman–Crippen LogP) is 2.71. The van der Waals surface area contributed by atoms with Gasteiger partial charge in [0.2, 0.25) is 0 Å². The van der Waals surface area contributed by atoms with Gasteiger partial charge in [0.25, 0.3) is 0 Å². The first kappa shape index (κ1) is 13.8. The Bertz CT molecular complexity index is 453. The molecule has 5 heteroatoms. The van der Waals surface area contributed by atoms with Gasteiger partial charge in [-0.1, -0.05) is 28.1 Å². The first-order valence-corrected chi connectivity index (χ1v) is 7.17. The second kappa shape index (κ2) is 5.99. The summed E-state index contributed by atoms with van der Waals surface area (Å²) in [6.07, 6.45) is 2.21. The molecule has 2 rings (SSSR count). The fourth-order valence-electron chi connectivity index (χ4n) is 2.43. The van der Waals surface area contributed by atoms with E-state index in [0.29, 0.717) is 4.99 Å². The van der Waals surface area contributed by atoms with Crippen LogP contribution in [0, 0.1) is 0 Å². The van der Waals surface area contributed by atoms with E-state index in [1.54, 1.807) is 7.11 Å². The van der Waals surface area contributed by atoms with Gasteiger partial charge in [0.15, 0.2) is 0 Å². The minimum absolute atomic E-state index is 0.226. The minimum atomic E-state index is 0.226. The molecule has 1 heterocycles. The lowest BCUT2D eigenvalue weighted by molar-refractivity contribution is 0.288. The van der Waals surface area contributed by atoms with Crippen molar-refractivity contribution in [3.63, 3.8) is 0 Å². The van der Waals surface area contributed by atoms with E-state index in [4.69, 9.17) is 22.7 Å². The van der Waals surface area contributed by atoms with Crippen molar-refractivity contribution in [2.45, 2.75) is 25.4 Å². The first-order valence-electron chi connectivity index (χ1n) is 5.97. The number of thiocarbonyl (C=S) groups is 1. The Labute approximate surface area is 121 Å². The largest absolute Gasteiger partial charge is 0.496 e. The highest BCUT2D eigenvalue weighted by Crippen LogP contribution is 2.27. The fourth-order valence-corrected chi connectivity index (χ4v) is 3.10. The molecule has 1 aromatic carbocycles. The Morgan fingerprint density at radius 3 is 3.06 bits per heavy atom. The summed E-state index contributed by atoms with van der Waals surface area (Å²) in [7, 11) is 1.70. The molecule has 3 nitrogen and oxygen atoms in total. The number of methoxy groups -OCH3 is 1. The second-order valence-corrected chi connectivity index (χ2v) is 5.87. The molecule has 18 heavy (non-hydrogen) atoms. The Morgan fingerprint density at radius 2 is 2.39 bits per heavy atom. The van der Waals surface area contributed by atoms with Gasteiger partial charge in [0.05, 0.1) is 18.1 Å². The zero-order valence-corrected chi connectivity index (χ0v) is 12.8. The molecule has 0 bridgehead atoms. The van der Waals surface area contributed by atoms with Crippen LogP contribution in [0.25, 0.3) is 0 Å². The summed E-state index contributed by atoms with van der Waals surface area (Å²) in [5.74, 6) is 0.909. The molecule has 1 aromatic rings. The average Bonchev–Trinajstić information content (AvgIpc) is 2.77. The van der Waals surface area contributed by atoms with Crippen LogP contribution in [0.3, 0.4) is 0 Å². The van der Waals surface area contributed by atoms with Gasteiger partial charge in [0, 0.05) is 16.6 Å². The zero-order valence-electron chi connectivity index (χ0n) is 10.4. The van der Waals surface area contributed by atoms with Crippen molar-refractivity contribution >= 4 is 33.1 Å². The molecule has 1 atom stereocenters. The van der Waals surface area contributed by atoms with Gasteiger partial charge in [-0.2, -0.15) is 0 Å². The monoisotopic (exact) mass is 328 g/mol. The summed E-state index contributed by atoms with van der Waals surface area (Å²) in [6, 6.07) is 6.28. The van der Waals surface area contributed by atoms with Crippen molar-refractivity contribution in [2.75, 3.05) is 13.7 Å². The summed E-state index contributed by atoms with van der Waals surface area (Å²) in [4.78, 5) is 2.92. The SMILES string of the molecule is COc1ccc(Br)cc1CN1CCCC1C(N)=S. The van der Waals surface area contributed by atoms with Crippen molar-refractivity contribution < 1.29 is 4.74 Å². The Morgan fingerprint density at radius 1 is 1.61 bits per heavy atom. The number of ether oxygens (including phenoxy) is 1. The van der Waals surface area contributed by atoms with Crippen molar-refractivity contribution in [3.05, 3.63) is 28.2 Å². The normalized spacial score (nSPS) is 20.0. The van der Waals surface area contributed by atoms with Crippen LogP contribution >= 0.6 is 28.1 Å². The third-order valence-corrected chi connectivity index (χ3v) is 4.07. The van der Waals surface area contributed by atoms with Gasteiger partial charge >= 0.3 is 0 Å². The summed E-state index contributed by atoms with van der Waals surface area (Å²) in [5, 5.41) is 0. The number of hydrogen-bond donors (Lipinski definition) is 1. The van der Waals surface area contributed by atoms with E-state index in [0.717, 1.165) is 41.7 Å². The number of halogens is 1. The number of rotatable bonds is 4. The highest BCUT2D eigenvalue weighted by Gasteiger charge is 2.27. The van der Waals surface area contributed by atoms with Crippen molar-refractivity contribution in [2.24, 2.45) is 5.73 Å². The van der Waals surface area contributed by atoms with E-state index in [9.17, 15) is 0 Å². The maximum Gasteiger partial charge on any atom is 0.123 e. The molecule has 1 aliphatic rings. The molecule has 0 spiro atoms. The topological polar surface area (TPSA) is 38.5 Å². The summed E-state index contributed by atoms with van der Waals surface area (Å²) >= 11 is 8.63. The molecule has 2 N–H and O–H groups in total. The van der Waals surface area contributed by atoms with Gasteiger partial charge in [-0.25, -0.2) is 0 Å². The summed E-state index contributed by atoms with van der Waals surface area (Å²) in [6.45, 7) is 1.86. The van der Waals surface area contributed by atoms with Crippen LogP contribution in [0.15, 0.2) is 22.7 Å². The Balaban J connectivity index is 2.18. The number of nitrogens with two attached hydrogens (primary N) is 1. The lowest BCUT2D eigenvalue weighted by Gasteiger charge is -2.24. The molecule has 1 unspecified atom stereocenters. The maximum absolute atomic E-state index is 5.79. The van der Waals surface area contributed by atoms with Gasteiger partial charge in [-0.15, -0.1) is 0 Å². The average molecular weight is 329 g/mol. The lowest BCUT2D eigenvalue weighted by Crippen LogP contribution is -2.38. The quantitative estimate of drug-likeness (QED) is 0.862. The van der Waals surface area contributed by atoms with Crippen LogP contribution in [0.4, 0.5) is 0 Å². The lowest BCUT2D eigenvalue weighted by atomic mass is 10.1. The van der Waals surface area contributed by atoms with E-state index >= 15 is 0 Å². The molecule has 98 valence electrons. The molecule has 1 saturated heterocycles. The van der Waals surface area contributed by atoms with E-state index in [-0.39, 0.29) is 6.04 Å². The van der Waals surface area contributed by atoms with Gasteiger partial charge in [0.1, 0.15) is 5.75 Å². The van der Waals surface area contributed by atoms with Crippen LogP contribution in [-0.4, -0.2) is 29.6 Å². The third-order valence-electron chi connectivity index (χ3n) is 3.31. The molecule has 1 fully saturated rings. The molecule has 0 aromatic heterocycles. The highest BCUT2D eigenvalue weighted by atomic mass is 79.9. The number of benzene rings is 1. The van der Waals surface area contributed by atoms with Crippen LogP contribution in [-0.2, 0) is 6.54 Å². The molecule has 0 aliphatic carbocycles. The summed E-state index contributed by atoms with van der Waals surface area (Å²) in [5.41, 5.74) is 6.95. The molecule has 1 aliphatic heterocycles. The fraction of sp³-hybridized carbons (Fsp3) is 0.462. The van der Waals surface area contributed by atoms with Gasteiger partial charge in [-0.05, 0) is 37.6 Å². The number of hydrogen-bond acceptors (Lipinski definition) is 3. The Hall–Kier alpha value is -0.650. The van der Waals surface area contributed by atoms with E-state index in [1.807, 2.05) is 12.1 Å². The molecule has 0 saturated carbocycles. The van der Waals surface area contributed by atoms with Crippen LogP contribution < -0.4 is 10.5 Å². The van der Waals surface area contributed by atoms with Crippen LogP contribution in [0.2, 0.25) is 0 Å². The third kappa shape index (κ3) is 3.02. The molecular formula is C13H17BrN2OS.